The predicted octanol–water partition coefficient (Wildman–Crippen LogP) is 2.49. The number of nitrogens with one attached hydrogen (secondary N) is 1. The monoisotopic (exact) mass is 253 g/mol. The number of benzene rings is 2. The van der Waals surface area contributed by atoms with Crippen molar-refractivity contribution < 1.29 is 9.90 Å². The van der Waals surface area contributed by atoms with Crippen LogP contribution in [0.25, 0.3) is 0 Å². The molecule has 96 valence electrons. The van der Waals surface area contributed by atoms with Crippen molar-refractivity contribution in [2.45, 2.75) is 19.4 Å². The Balaban J connectivity index is 2.21. The van der Waals surface area contributed by atoms with Gasteiger partial charge in [0.2, 0.25) is 0 Å². The minimum absolute atomic E-state index is 0.392. The maximum Gasteiger partial charge on any atom is 0.265 e. The SMILES string of the molecule is Cc1ccc(C2(O)C(=O)Nc3ccc(C)cc32)cc1. The van der Waals surface area contributed by atoms with Gasteiger partial charge in [-0.25, -0.2) is 0 Å². The normalized spacial score (nSPS) is 21.1. The molecular weight excluding hydrogens is 238 g/mol. The molecule has 1 atom stereocenters. The van der Waals surface area contributed by atoms with Crippen LogP contribution in [0, 0.1) is 13.8 Å². The van der Waals surface area contributed by atoms with E-state index in [-0.39, 0.29) is 0 Å². The van der Waals surface area contributed by atoms with Crippen LogP contribution in [0.4, 0.5) is 5.69 Å². The van der Waals surface area contributed by atoms with Crippen molar-refractivity contribution in [3.05, 3.63) is 64.7 Å². The van der Waals surface area contributed by atoms with Crippen LogP contribution in [-0.2, 0) is 10.4 Å². The number of aryl methyl sites for hydroxylation is 2. The molecule has 19 heavy (non-hydrogen) atoms. The summed E-state index contributed by atoms with van der Waals surface area (Å²) in [6.07, 6.45) is 0. The van der Waals surface area contributed by atoms with Crippen LogP contribution in [-0.4, -0.2) is 11.0 Å². The van der Waals surface area contributed by atoms with Crippen molar-refractivity contribution in [3.63, 3.8) is 0 Å². The van der Waals surface area contributed by atoms with Gasteiger partial charge in [0.25, 0.3) is 5.91 Å². The number of carbonyl (C=O) groups excluding carboxylic acids is 1. The molecule has 1 unspecified atom stereocenters. The Bertz CT molecular complexity index is 661. The standard InChI is InChI=1S/C16H15NO2/c1-10-3-6-12(7-4-10)16(19)13-9-11(2)5-8-14(13)17-15(16)18/h3-9,19H,1-2H3,(H,17,18). The third kappa shape index (κ3) is 1.66. The van der Waals surface area contributed by atoms with Gasteiger partial charge in [0.05, 0.1) is 0 Å². The number of aliphatic hydroxyl groups is 1. The molecule has 1 aliphatic rings. The number of rotatable bonds is 1. The average molecular weight is 253 g/mol. The molecular formula is C16H15NO2. The van der Waals surface area contributed by atoms with Gasteiger partial charge in [-0.05, 0) is 25.5 Å². The number of hydrogen-bond acceptors (Lipinski definition) is 2. The van der Waals surface area contributed by atoms with E-state index < -0.39 is 11.5 Å². The van der Waals surface area contributed by atoms with E-state index >= 15 is 0 Å². The van der Waals surface area contributed by atoms with Crippen LogP contribution in [0.2, 0.25) is 0 Å². The summed E-state index contributed by atoms with van der Waals surface area (Å²) in [6, 6.07) is 13.0. The summed E-state index contributed by atoms with van der Waals surface area (Å²) in [5.74, 6) is -0.392. The maximum atomic E-state index is 12.2. The van der Waals surface area contributed by atoms with E-state index in [9.17, 15) is 9.90 Å². The quantitative estimate of drug-likeness (QED) is 0.820. The van der Waals surface area contributed by atoms with Crippen molar-refractivity contribution in [1.82, 2.24) is 0 Å². The Kier molecular flexibility index (Phi) is 2.47. The fourth-order valence-corrected chi connectivity index (χ4v) is 2.48. The van der Waals surface area contributed by atoms with Crippen molar-refractivity contribution in [3.8, 4) is 0 Å². The largest absolute Gasteiger partial charge is 0.372 e. The van der Waals surface area contributed by atoms with Crippen molar-refractivity contribution in [2.75, 3.05) is 5.32 Å². The van der Waals surface area contributed by atoms with Crippen LogP contribution in [0.15, 0.2) is 42.5 Å². The lowest BCUT2D eigenvalue weighted by molar-refractivity contribution is -0.129. The molecule has 0 saturated carbocycles. The van der Waals surface area contributed by atoms with E-state index in [4.69, 9.17) is 0 Å². The molecule has 0 spiro atoms. The van der Waals surface area contributed by atoms with Gasteiger partial charge >= 0.3 is 0 Å². The zero-order valence-corrected chi connectivity index (χ0v) is 10.9. The van der Waals surface area contributed by atoms with Gasteiger partial charge in [0, 0.05) is 11.3 Å². The first kappa shape index (κ1) is 11.9. The van der Waals surface area contributed by atoms with Gasteiger partial charge in [-0.3, -0.25) is 4.79 Å². The molecule has 0 radical (unpaired) electrons. The lowest BCUT2D eigenvalue weighted by atomic mass is 9.86. The minimum atomic E-state index is -1.59. The second kappa shape index (κ2) is 3.93. The molecule has 0 aliphatic carbocycles. The zero-order chi connectivity index (χ0) is 13.6. The maximum absolute atomic E-state index is 12.2. The van der Waals surface area contributed by atoms with Crippen LogP contribution in [0.5, 0.6) is 0 Å². The highest BCUT2D eigenvalue weighted by Gasteiger charge is 2.46. The highest BCUT2D eigenvalue weighted by molar-refractivity contribution is 6.07. The van der Waals surface area contributed by atoms with Crippen molar-refractivity contribution >= 4 is 11.6 Å². The summed E-state index contributed by atoms with van der Waals surface area (Å²) in [7, 11) is 0. The molecule has 1 amide bonds. The summed E-state index contributed by atoms with van der Waals surface area (Å²) >= 11 is 0. The molecule has 0 saturated heterocycles. The predicted molar refractivity (Wildman–Crippen MR) is 74.0 cm³/mol. The summed E-state index contributed by atoms with van der Waals surface area (Å²) in [6.45, 7) is 3.92. The number of carbonyl (C=O) groups is 1. The molecule has 2 aromatic carbocycles. The lowest BCUT2D eigenvalue weighted by Gasteiger charge is -2.21. The lowest BCUT2D eigenvalue weighted by Crippen LogP contribution is -2.35. The number of amides is 1. The number of anilines is 1. The van der Waals surface area contributed by atoms with Crippen LogP contribution >= 0.6 is 0 Å². The summed E-state index contributed by atoms with van der Waals surface area (Å²) in [5, 5.41) is 13.6. The third-order valence-electron chi connectivity index (χ3n) is 3.61. The smallest absolute Gasteiger partial charge is 0.265 e. The molecule has 0 aromatic heterocycles. The second-order valence-corrected chi connectivity index (χ2v) is 5.08. The second-order valence-electron chi connectivity index (χ2n) is 5.08. The fourth-order valence-electron chi connectivity index (χ4n) is 2.48. The molecule has 3 nitrogen and oxygen atoms in total. The van der Waals surface area contributed by atoms with E-state index in [1.54, 1.807) is 12.1 Å². The van der Waals surface area contributed by atoms with Gasteiger partial charge in [0.1, 0.15) is 0 Å². The van der Waals surface area contributed by atoms with Gasteiger partial charge < -0.3 is 10.4 Å². The Labute approximate surface area is 111 Å². The highest BCUT2D eigenvalue weighted by Crippen LogP contribution is 2.41. The molecule has 0 bridgehead atoms. The van der Waals surface area contributed by atoms with E-state index in [2.05, 4.69) is 5.32 Å². The van der Waals surface area contributed by atoms with Crippen LogP contribution < -0.4 is 5.32 Å². The fraction of sp³-hybridized carbons (Fsp3) is 0.188. The van der Waals surface area contributed by atoms with E-state index in [0.29, 0.717) is 16.8 Å². The van der Waals surface area contributed by atoms with Crippen molar-refractivity contribution in [1.29, 1.82) is 0 Å². The molecule has 1 heterocycles. The Morgan fingerprint density at radius 3 is 2.32 bits per heavy atom. The Morgan fingerprint density at radius 1 is 1.00 bits per heavy atom. The summed E-state index contributed by atoms with van der Waals surface area (Å²) < 4.78 is 0. The molecule has 3 rings (SSSR count). The zero-order valence-electron chi connectivity index (χ0n) is 10.9. The topological polar surface area (TPSA) is 49.3 Å². The minimum Gasteiger partial charge on any atom is -0.372 e. The molecule has 2 aromatic rings. The Hall–Kier alpha value is -2.13. The van der Waals surface area contributed by atoms with E-state index in [0.717, 1.165) is 11.1 Å². The first-order chi connectivity index (χ1) is 9.01. The average Bonchev–Trinajstić information content (AvgIpc) is 2.64. The molecule has 3 heteroatoms. The molecule has 0 fully saturated rings. The van der Waals surface area contributed by atoms with Gasteiger partial charge in [0.15, 0.2) is 5.60 Å². The van der Waals surface area contributed by atoms with Crippen LogP contribution in [0.1, 0.15) is 22.3 Å². The van der Waals surface area contributed by atoms with Gasteiger partial charge in [-0.15, -0.1) is 0 Å². The van der Waals surface area contributed by atoms with Gasteiger partial charge in [-0.2, -0.15) is 0 Å². The van der Waals surface area contributed by atoms with E-state index in [1.807, 2.05) is 44.2 Å². The van der Waals surface area contributed by atoms with Gasteiger partial charge in [-0.1, -0.05) is 47.5 Å². The van der Waals surface area contributed by atoms with E-state index in [1.165, 1.54) is 0 Å². The Morgan fingerprint density at radius 2 is 1.63 bits per heavy atom. The third-order valence-corrected chi connectivity index (χ3v) is 3.61. The van der Waals surface area contributed by atoms with Crippen molar-refractivity contribution in [2.24, 2.45) is 0 Å². The first-order valence-corrected chi connectivity index (χ1v) is 6.24. The summed E-state index contributed by atoms with van der Waals surface area (Å²) in [5.41, 5.74) is 2.42. The van der Waals surface area contributed by atoms with Crippen LogP contribution in [0.3, 0.4) is 0 Å². The highest BCUT2D eigenvalue weighted by atomic mass is 16.3. The molecule has 2 N–H and O–H groups in total. The molecule has 1 aliphatic heterocycles. The number of hydrogen-bond donors (Lipinski definition) is 2. The summed E-state index contributed by atoms with van der Waals surface area (Å²) in [4.78, 5) is 12.2. The first-order valence-electron chi connectivity index (χ1n) is 6.24. The number of fused-ring (bicyclic) bond motifs is 1.